The fourth-order valence-electron chi connectivity index (χ4n) is 3.00. The van der Waals surface area contributed by atoms with Crippen molar-refractivity contribution in [3.8, 4) is 22.9 Å². The maximum atomic E-state index is 12.5. The van der Waals surface area contributed by atoms with Gasteiger partial charge in [0.25, 0.3) is 0 Å². The van der Waals surface area contributed by atoms with E-state index in [1.165, 1.54) is 30.5 Å². The van der Waals surface area contributed by atoms with E-state index in [-0.39, 0.29) is 23.5 Å². The first-order chi connectivity index (χ1) is 18.4. The number of hydrazone groups is 1. The van der Waals surface area contributed by atoms with Gasteiger partial charge in [-0.3, -0.25) is 0 Å². The summed E-state index contributed by atoms with van der Waals surface area (Å²) >= 11 is 5.91. The van der Waals surface area contributed by atoms with Crippen molar-refractivity contribution in [2.75, 3.05) is 10.7 Å². The molecule has 4 aromatic rings. The quantitative estimate of drug-likeness (QED) is 0.132. The van der Waals surface area contributed by atoms with Gasteiger partial charge in [0.15, 0.2) is 5.82 Å². The largest absolute Gasteiger partial charge is 0.573 e. The summed E-state index contributed by atoms with van der Waals surface area (Å²) in [6.07, 6.45) is -8.35. The maximum absolute atomic E-state index is 12.5. The molecule has 0 spiro atoms. The maximum Gasteiger partial charge on any atom is 0.573 e. The Morgan fingerprint density at radius 2 is 1.23 bits per heavy atom. The molecule has 4 rings (SSSR count). The lowest BCUT2D eigenvalue weighted by Crippen LogP contribution is -2.17. The Balaban J connectivity index is 1.56. The highest BCUT2D eigenvalue weighted by Crippen LogP contribution is 2.27. The molecule has 0 aliphatic rings. The Morgan fingerprint density at radius 3 is 1.79 bits per heavy atom. The average Bonchev–Trinajstić information content (AvgIpc) is 2.85. The van der Waals surface area contributed by atoms with Crippen LogP contribution in [0.4, 0.5) is 43.9 Å². The molecule has 0 unspecified atom stereocenters. The number of rotatable bonds is 8. The van der Waals surface area contributed by atoms with E-state index in [1.807, 2.05) is 0 Å². The highest BCUT2D eigenvalue weighted by molar-refractivity contribution is 6.30. The second-order valence-electron chi connectivity index (χ2n) is 7.50. The summed E-state index contributed by atoms with van der Waals surface area (Å²) in [6.45, 7) is 0. The summed E-state index contributed by atoms with van der Waals surface area (Å²) in [5.74, 6) is -0.690. The SMILES string of the molecule is FC(F)(F)Oc1ccc(/C=N\Nc2nc(Nc3ccc(Cl)cc3)nc(-c3ccc(OC(F)(F)F)cc3)n2)cc1. The van der Waals surface area contributed by atoms with Crippen LogP contribution in [0.5, 0.6) is 11.5 Å². The molecule has 8 nitrogen and oxygen atoms in total. The number of aromatic nitrogens is 3. The number of halogens is 7. The first-order valence-electron chi connectivity index (χ1n) is 10.7. The minimum atomic E-state index is -4.84. The molecule has 0 amide bonds. The minimum Gasteiger partial charge on any atom is -0.406 e. The van der Waals surface area contributed by atoms with Gasteiger partial charge in [-0.2, -0.15) is 20.1 Å². The highest BCUT2D eigenvalue weighted by Gasteiger charge is 2.31. The second-order valence-corrected chi connectivity index (χ2v) is 7.93. The van der Waals surface area contributed by atoms with Crippen LogP contribution < -0.4 is 20.2 Å². The predicted octanol–water partition coefficient (Wildman–Crippen LogP) is 7.18. The molecule has 0 saturated heterocycles. The molecule has 15 heteroatoms. The molecule has 0 aliphatic carbocycles. The summed E-state index contributed by atoms with van der Waals surface area (Å²) in [4.78, 5) is 12.8. The number of hydrogen-bond donors (Lipinski definition) is 2. The molecule has 1 aromatic heterocycles. The topological polar surface area (TPSA) is 93.6 Å². The van der Waals surface area contributed by atoms with Crippen molar-refractivity contribution in [3.05, 3.63) is 83.4 Å². The molecule has 3 aromatic carbocycles. The van der Waals surface area contributed by atoms with Gasteiger partial charge >= 0.3 is 12.7 Å². The summed E-state index contributed by atoms with van der Waals surface area (Å²) < 4.78 is 82.1. The summed E-state index contributed by atoms with van der Waals surface area (Å²) in [5.41, 5.74) is 3.96. The van der Waals surface area contributed by atoms with Crippen LogP contribution >= 0.6 is 11.6 Å². The Morgan fingerprint density at radius 1 is 0.692 bits per heavy atom. The zero-order chi connectivity index (χ0) is 28.0. The van der Waals surface area contributed by atoms with E-state index in [2.05, 4.69) is 40.3 Å². The summed E-state index contributed by atoms with van der Waals surface area (Å²) in [5, 5.41) is 7.46. The van der Waals surface area contributed by atoms with Crippen LogP contribution in [0.1, 0.15) is 5.56 Å². The number of benzene rings is 3. The Hall–Kier alpha value is -4.59. The van der Waals surface area contributed by atoms with Crippen LogP contribution in [-0.4, -0.2) is 33.9 Å². The van der Waals surface area contributed by atoms with Gasteiger partial charge in [0.2, 0.25) is 11.9 Å². The van der Waals surface area contributed by atoms with E-state index in [1.54, 1.807) is 24.3 Å². The molecule has 0 fully saturated rings. The van der Waals surface area contributed by atoms with Gasteiger partial charge in [0.1, 0.15) is 11.5 Å². The molecule has 202 valence electrons. The minimum absolute atomic E-state index is 0.0413. The third-order valence-electron chi connectivity index (χ3n) is 4.57. The Labute approximate surface area is 221 Å². The van der Waals surface area contributed by atoms with Gasteiger partial charge in [-0.05, 0) is 78.4 Å². The second kappa shape index (κ2) is 11.4. The molecule has 0 bridgehead atoms. The fraction of sp³-hybridized carbons (Fsp3) is 0.0833. The van der Waals surface area contributed by atoms with Crippen LogP contribution in [0.15, 0.2) is 77.9 Å². The number of alkyl halides is 6. The van der Waals surface area contributed by atoms with E-state index in [0.29, 0.717) is 21.8 Å². The van der Waals surface area contributed by atoms with E-state index < -0.39 is 18.5 Å². The van der Waals surface area contributed by atoms with Crippen molar-refractivity contribution in [1.29, 1.82) is 0 Å². The van der Waals surface area contributed by atoms with Gasteiger partial charge in [-0.1, -0.05) is 11.6 Å². The fourth-order valence-corrected chi connectivity index (χ4v) is 3.13. The van der Waals surface area contributed by atoms with Crippen LogP contribution in [0.3, 0.4) is 0 Å². The van der Waals surface area contributed by atoms with Crippen molar-refractivity contribution < 1.29 is 35.8 Å². The summed E-state index contributed by atoms with van der Waals surface area (Å²) in [6, 6.07) is 16.4. The number of anilines is 3. The Bertz CT molecular complexity index is 1430. The van der Waals surface area contributed by atoms with Crippen molar-refractivity contribution in [1.82, 2.24) is 15.0 Å². The molecule has 0 atom stereocenters. The third-order valence-corrected chi connectivity index (χ3v) is 4.83. The van der Waals surface area contributed by atoms with E-state index in [0.717, 1.165) is 24.3 Å². The van der Waals surface area contributed by atoms with Crippen molar-refractivity contribution in [2.45, 2.75) is 12.7 Å². The van der Waals surface area contributed by atoms with Gasteiger partial charge in [-0.15, -0.1) is 26.3 Å². The Kier molecular flexibility index (Phi) is 8.04. The molecular formula is C24H15ClF6N6O2. The first-order valence-corrected chi connectivity index (χ1v) is 11.1. The smallest absolute Gasteiger partial charge is 0.406 e. The zero-order valence-electron chi connectivity index (χ0n) is 19.3. The highest BCUT2D eigenvalue weighted by atomic mass is 35.5. The molecule has 0 aliphatic heterocycles. The van der Waals surface area contributed by atoms with Crippen molar-refractivity contribution >= 4 is 35.4 Å². The lowest BCUT2D eigenvalue weighted by atomic mass is 10.2. The predicted molar refractivity (Wildman–Crippen MR) is 131 cm³/mol. The third kappa shape index (κ3) is 8.74. The molecule has 0 radical (unpaired) electrons. The zero-order valence-corrected chi connectivity index (χ0v) is 20.0. The van der Waals surface area contributed by atoms with Crippen LogP contribution in [0, 0.1) is 0 Å². The monoisotopic (exact) mass is 568 g/mol. The van der Waals surface area contributed by atoms with E-state index in [4.69, 9.17) is 11.6 Å². The van der Waals surface area contributed by atoms with Gasteiger partial charge in [0, 0.05) is 16.3 Å². The van der Waals surface area contributed by atoms with Gasteiger partial charge in [-0.25, -0.2) is 5.43 Å². The molecular weight excluding hydrogens is 554 g/mol. The van der Waals surface area contributed by atoms with Crippen LogP contribution in [0.2, 0.25) is 5.02 Å². The van der Waals surface area contributed by atoms with E-state index >= 15 is 0 Å². The normalized spacial score (nSPS) is 11.9. The van der Waals surface area contributed by atoms with Crippen molar-refractivity contribution in [3.63, 3.8) is 0 Å². The molecule has 39 heavy (non-hydrogen) atoms. The van der Waals surface area contributed by atoms with Crippen molar-refractivity contribution in [2.24, 2.45) is 5.10 Å². The summed E-state index contributed by atoms with van der Waals surface area (Å²) in [7, 11) is 0. The number of ether oxygens (including phenoxy) is 2. The molecule has 1 heterocycles. The van der Waals surface area contributed by atoms with Crippen LogP contribution in [-0.2, 0) is 0 Å². The lowest BCUT2D eigenvalue weighted by Gasteiger charge is -2.11. The number of hydrogen-bond acceptors (Lipinski definition) is 8. The van der Waals surface area contributed by atoms with Gasteiger partial charge < -0.3 is 14.8 Å². The standard InChI is InChI=1S/C24H15ClF6N6O2/c25-16-5-7-17(8-6-16)33-21-34-20(15-3-11-19(12-4-15)39-24(29,30)31)35-22(36-21)37-32-13-14-1-9-18(10-2-14)38-23(26,27)28/h1-13H,(H2,33,34,35,36,37)/b32-13-. The van der Waals surface area contributed by atoms with Crippen LogP contribution in [0.25, 0.3) is 11.4 Å². The lowest BCUT2D eigenvalue weighted by molar-refractivity contribution is -0.275. The number of nitrogens with one attached hydrogen (secondary N) is 2. The first kappa shape index (κ1) is 27.4. The molecule has 2 N–H and O–H groups in total. The van der Waals surface area contributed by atoms with E-state index in [9.17, 15) is 26.3 Å². The number of nitrogens with zero attached hydrogens (tertiary/aromatic N) is 4. The van der Waals surface area contributed by atoms with Gasteiger partial charge in [0.05, 0.1) is 6.21 Å². The molecule has 0 saturated carbocycles. The average molecular weight is 569 g/mol.